The Kier molecular flexibility index (Phi) is 4.02. The fraction of sp³-hybridized carbons (Fsp3) is 0.533. The van der Waals surface area contributed by atoms with Gasteiger partial charge in [0.25, 0.3) is 0 Å². The number of fused-ring (bicyclic) bond motifs is 1. The maximum Gasteiger partial charge on any atom is 0.0918 e. The van der Waals surface area contributed by atoms with E-state index < -0.39 is 0 Å². The molecule has 3 N–H and O–H groups in total. The Balaban J connectivity index is 1.93. The second-order valence-corrected chi connectivity index (χ2v) is 5.46. The molecule has 0 saturated heterocycles. The van der Waals surface area contributed by atoms with Gasteiger partial charge in [-0.2, -0.15) is 0 Å². The summed E-state index contributed by atoms with van der Waals surface area (Å²) in [7, 11) is 0. The summed E-state index contributed by atoms with van der Waals surface area (Å²) in [6.45, 7) is 6.41. The molecule has 3 heteroatoms. The summed E-state index contributed by atoms with van der Waals surface area (Å²) in [6.07, 6.45) is 1.87. The van der Waals surface area contributed by atoms with Crippen LogP contribution in [-0.2, 0) is 6.42 Å². The van der Waals surface area contributed by atoms with Gasteiger partial charge in [0.05, 0.1) is 5.84 Å². The van der Waals surface area contributed by atoms with Crippen LogP contribution in [0.4, 0.5) is 0 Å². The number of nitrogens with two attached hydrogens (primary N) is 1. The molecule has 1 unspecified atom stereocenters. The van der Waals surface area contributed by atoms with Crippen LogP contribution in [0.25, 0.3) is 0 Å². The van der Waals surface area contributed by atoms with E-state index >= 15 is 0 Å². The molecule has 0 radical (unpaired) electrons. The first kappa shape index (κ1) is 13.1. The lowest BCUT2D eigenvalue weighted by molar-refractivity contribution is 0.206. The van der Waals surface area contributed by atoms with Gasteiger partial charge in [0.1, 0.15) is 0 Å². The van der Waals surface area contributed by atoms with Crippen LogP contribution >= 0.6 is 0 Å². The smallest absolute Gasteiger partial charge is 0.0918 e. The summed E-state index contributed by atoms with van der Waals surface area (Å²) >= 11 is 0. The predicted octanol–water partition coefficient (Wildman–Crippen LogP) is 2.36. The molecule has 0 heterocycles. The molecule has 0 fully saturated rings. The van der Waals surface area contributed by atoms with Gasteiger partial charge in [-0.15, -0.1) is 0 Å². The summed E-state index contributed by atoms with van der Waals surface area (Å²) in [4.78, 5) is 2.43. The highest BCUT2D eigenvalue weighted by Gasteiger charge is 2.27. The summed E-state index contributed by atoms with van der Waals surface area (Å²) in [6, 6.07) is 9.22. The van der Waals surface area contributed by atoms with E-state index in [1.54, 1.807) is 0 Å². The number of rotatable bonds is 6. The average Bonchev–Trinajstić information content (AvgIpc) is 2.28. The zero-order valence-corrected chi connectivity index (χ0v) is 11.3. The van der Waals surface area contributed by atoms with Crippen molar-refractivity contribution in [1.82, 2.24) is 4.90 Å². The largest absolute Gasteiger partial charge is 0.388 e. The minimum Gasteiger partial charge on any atom is -0.388 e. The van der Waals surface area contributed by atoms with Crippen LogP contribution in [0, 0.1) is 5.41 Å². The van der Waals surface area contributed by atoms with Crippen molar-refractivity contribution in [2.75, 3.05) is 13.1 Å². The number of hydrogen-bond acceptors (Lipinski definition) is 2. The van der Waals surface area contributed by atoms with Crippen molar-refractivity contribution in [2.24, 2.45) is 5.73 Å². The predicted molar refractivity (Wildman–Crippen MR) is 76.1 cm³/mol. The van der Waals surface area contributed by atoms with Crippen molar-refractivity contribution in [3.63, 3.8) is 0 Å². The van der Waals surface area contributed by atoms with Crippen molar-refractivity contribution in [2.45, 2.75) is 38.6 Å². The Labute approximate surface area is 109 Å². The highest BCUT2D eigenvalue weighted by atomic mass is 15.1. The molecule has 18 heavy (non-hydrogen) atoms. The molecule has 2 rings (SSSR count). The number of nitrogens with zero attached hydrogens (tertiary/aromatic N) is 1. The molecular formula is C15H23N3. The molecule has 0 bridgehead atoms. The van der Waals surface area contributed by atoms with Crippen molar-refractivity contribution in [3.8, 4) is 0 Å². The molecule has 1 atom stereocenters. The monoisotopic (exact) mass is 245 g/mol. The lowest BCUT2D eigenvalue weighted by Crippen LogP contribution is -2.39. The van der Waals surface area contributed by atoms with Gasteiger partial charge in [-0.1, -0.05) is 24.3 Å². The number of nitrogens with one attached hydrogen (secondary N) is 1. The summed E-state index contributed by atoms with van der Waals surface area (Å²) in [5.41, 5.74) is 8.45. The molecule has 0 amide bonds. The van der Waals surface area contributed by atoms with Gasteiger partial charge in [-0.25, -0.2) is 0 Å². The Morgan fingerprint density at radius 3 is 2.78 bits per heavy atom. The lowest BCUT2D eigenvalue weighted by atomic mass is 9.77. The first-order valence-electron chi connectivity index (χ1n) is 6.72. The summed E-state index contributed by atoms with van der Waals surface area (Å²) < 4.78 is 0. The first-order chi connectivity index (χ1) is 8.58. The van der Waals surface area contributed by atoms with E-state index in [2.05, 4.69) is 43.0 Å². The molecule has 98 valence electrons. The van der Waals surface area contributed by atoms with Crippen LogP contribution in [0.1, 0.15) is 37.3 Å². The molecule has 0 aliphatic heterocycles. The Morgan fingerprint density at radius 1 is 1.44 bits per heavy atom. The third kappa shape index (κ3) is 2.91. The van der Waals surface area contributed by atoms with E-state index in [0.717, 1.165) is 13.1 Å². The molecular weight excluding hydrogens is 222 g/mol. The first-order valence-corrected chi connectivity index (χ1v) is 6.72. The van der Waals surface area contributed by atoms with Crippen LogP contribution in [0.2, 0.25) is 0 Å². The molecule has 1 aromatic rings. The van der Waals surface area contributed by atoms with Crippen LogP contribution in [-0.4, -0.2) is 29.9 Å². The second kappa shape index (κ2) is 5.53. The van der Waals surface area contributed by atoms with E-state index in [1.807, 2.05) is 0 Å². The van der Waals surface area contributed by atoms with Gasteiger partial charge in [0.15, 0.2) is 0 Å². The van der Waals surface area contributed by atoms with E-state index in [1.165, 1.54) is 17.5 Å². The van der Waals surface area contributed by atoms with Crippen LogP contribution in [0.3, 0.4) is 0 Å². The second-order valence-electron chi connectivity index (χ2n) is 5.46. The molecule has 0 saturated carbocycles. The van der Waals surface area contributed by atoms with Gasteiger partial charge in [0.2, 0.25) is 0 Å². The highest BCUT2D eigenvalue weighted by Crippen LogP contribution is 2.35. The van der Waals surface area contributed by atoms with Crippen LogP contribution in [0.5, 0.6) is 0 Å². The Bertz CT molecular complexity index is 426. The van der Waals surface area contributed by atoms with Crippen molar-refractivity contribution < 1.29 is 0 Å². The van der Waals surface area contributed by atoms with E-state index in [0.29, 0.717) is 18.4 Å². The van der Waals surface area contributed by atoms with Gasteiger partial charge in [-0.05, 0) is 31.4 Å². The topological polar surface area (TPSA) is 53.1 Å². The fourth-order valence-electron chi connectivity index (χ4n) is 2.63. The van der Waals surface area contributed by atoms with Gasteiger partial charge >= 0.3 is 0 Å². The van der Waals surface area contributed by atoms with Crippen LogP contribution in [0.15, 0.2) is 24.3 Å². The minimum absolute atomic E-state index is 0.287. The lowest BCUT2D eigenvalue weighted by Gasteiger charge is -2.36. The van der Waals surface area contributed by atoms with E-state index in [-0.39, 0.29) is 5.84 Å². The minimum atomic E-state index is 0.287. The third-order valence-electron chi connectivity index (χ3n) is 3.81. The summed E-state index contributed by atoms with van der Waals surface area (Å²) in [5.74, 6) is 0.949. The molecule has 1 aromatic carbocycles. The normalized spacial score (nSPS) is 17.7. The standard InChI is InChI=1S/C15H23N3/c1-11(2)18(8-7-15(16)17)10-13-9-12-5-3-4-6-14(12)13/h3-6,11,13H,7-10H2,1-2H3,(H3,16,17). The number of hydrogen-bond donors (Lipinski definition) is 2. The zero-order chi connectivity index (χ0) is 13.1. The number of benzene rings is 1. The molecule has 0 spiro atoms. The quantitative estimate of drug-likeness (QED) is 0.597. The highest BCUT2D eigenvalue weighted by molar-refractivity contribution is 5.76. The van der Waals surface area contributed by atoms with Crippen molar-refractivity contribution >= 4 is 5.84 Å². The van der Waals surface area contributed by atoms with Gasteiger partial charge in [-0.3, -0.25) is 10.3 Å². The van der Waals surface area contributed by atoms with Crippen molar-refractivity contribution in [3.05, 3.63) is 35.4 Å². The maximum absolute atomic E-state index is 7.34. The molecule has 3 nitrogen and oxygen atoms in total. The number of amidine groups is 1. The Hall–Kier alpha value is -1.35. The van der Waals surface area contributed by atoms with Crippen molar-refractivity contribution in [1.29, 1.82) is 5.41 Å². The SMILES string of the molecule is CC(C)N(CCC(=N)N)CC1Cc2ccccc21. The summed E-state index contributed by atoms with van der Waals surface area (Å²) in [5, 5.41) is 7.34. The van der Waals surface area contributed by atoms with E-state index in [4.69, 9.17) is 11.1 Å². The fourth-order valence-corrected chi connectivity index (χ4v) is 2.63. The maximum atomic E-state index is 7.34. The van der Waals surface area contributed by atoms with Crippen LogP contribution < -0.4 is 5.73 Å². The molecule has 1 aliphatic carbocycles. The van der Waals surface area contributed by atoms with Gasteiger partial charge < -0.3 is 5.73 Å². The molecule has 0 aromatic heterocycles. The molecule has 1 aliphatic rings. The Morgan fingerprint density at radius 2 is 2.17 bits per heavy atom. The third-order valence-corrected chi connectivity index (χ3v) is 3.81. The zero-order valence-electron chi connectivity index (χ0n) is 11.3. The van der Waals surface area contributed by atoms with Gasteiger partial charge in [0, 0.05) is 31.5 Å². The average molecular weight is 245 g/mol. The van der Waals surface area contributed by atoms with E-state index in [9.17, 15) is 0 Å².